The van der Waals surface area contributed by atoms with E-state index < -0.39 is 0 Å². The molecule has 0 atom stereocenters. The molecule has 0 bridgehead atoms. The van der Waals surface area contributed by atoms with E-state index in [4.69, 9.17) is 17.0 Å². The first kappa shape index (κ1) is 17.4. The van der Waals surface area contributed by atoms with E-state index in [0.717, 1.165) is 37.1 Å². The average Bonchev–Trinajstić information content (AvgIpc) is 2.47. The monoisotopic (exact) mass is 308 g/mol. The molecule has 0 saturated heterocycles. The molecule has 0 fully saturated rings. The molecule has 1 rings (SSSR count). The molecular weight excluding hydrogens is 284 g/mol. The van der Waals surface area contributed by atoms with Gasteiger partial charge in [-0.3, -0.25) is 4.79 Å². The standard InChI is InChI=1S/C16H24N2O2S/c1-3-5-11-15(19)18-16(21)17-13-9-7-8-10-14(13)20-12-6-4-2/h7-10H,3-6,11-12H2,1-2H3,(H2,17,18,19,21). The first-order valence-corrected chi connectivity index (χ1v) is 7.90. The molecule has 116 valence electrons. The second-order valence-electron chi connectivity index (χ2n) is 4.80. The quantitative estimate of drug-likeness (QED) is 0.565. The number of para-hydroxylation sites is 2. The maximum Gasteiger partial charge on any atom is 0.226 e. The highest BCUT2D eigenvalue weighted by Crippen LogP contribution is 2.23. The smallest absolute Gasteiger partial charge is 0.226 e. The Hall–Kier alpha value is -1.62. The summed E-state index contributed by atoms with van der Waals surface area (Å²) in [5.41, 5.74) is 0.773. The van der Waals surface area contributed by atoms with E-state index in [0.29, 0.717) is 18.1 Å². The predicted octanol–water partition coefficient (Wildman–Crippen LogP) is 3.87. The molecule has 0 aliphatic carbocycles. The van der Waals surface area contributed by atoms with Gasteiger partial charge in [-0.25, -0.2) is 0 Å². The number of thiocarbonyl (C=S) groups is 1. The van der Waals surface area contributed by atoms with Gasteiger partial charge in [0.2, 0.25) is 5.91 Å². The number of rotatable bonds is 8. The van der Waals surface area contributed by atoms with Crippen molar-refractivity contribution in [1.82, 2.24) is 5.32 Å². The van der Waals surface area contributed by atoms with Crippen molar-refractivity contribution in [2.75, 3.05) is 11.9 Å². The highest BCUT2D eigenvalue weighted by molar-refractivity contribution is 7.80. The molecule has 21 heavy (non-hydrogen) atoms. The lowest BCUT2D eigenvalue weighted by molar-refractivity contribution is -0.119. The van der Waals surface area contributed by atoms with E-state index in [1.165, 1.54) is 0 Å². The van der Waals surface area contributed by atoms with Crippen molar-refractivity contribution in [3.63, 3.8) is 0 Å². The number of carbonyl (C=O) groups is 1. The summed E-state index contributed by atoms with van der Waals surface area (Å²) >= 11 is 5.16. The summed E-state index contributed by atoms with van der Waals surface area (Å²) in [5.74, 6) is 0.690. The molecule has 1 aromatic carbocycles. The number of amides is 1. The van der Waals surface area contributed by atoms with Crippen molar-refractivity contribution in [3.05, 3.63) is 24.3 Å². The summed E-state index contributed by atoms with van der Waals surface area (Å²) in [5, 5.41) is 6.01. The fourth-order valence-corrected chi connectivity index (χ4v) is 1.93. The minimum Gasteiger partial charge on any atom is -0.491 e. The minimum absolute atomic E-state index is 0.0567. The summed E-state index contributed by atoms with van der Waals surface area (Å²) in [6.07, 6.45) is 4.44. The Kier molecular flexibility index (Phi) is 8.43. The van der Waals surface area contributed by atoms with Crippen LogP contribution in [0.2, 0.25) is 0 Å². The van der Waals surface area contributed by atoms with Gasteiger partial charge in [0.1, 0.15) is 5.75 Å². The number of hydrogen-bond donors (Lipinski definition) is 2. The lowest BCUT2D eigenvalue weighted by Gasteiger charge is -2.14. The molecule has 0 unspecified atom stereocenters. The first-order valence-electron chi connectivity index (χ1n) is 7.50. The molecule has 0 spiro atoms. The van der Waals surface area contributed by atoms with Gasteiger partial charge in [-0.2, -0.15) is 0 Å². The second kappa shape index (κ2) is 10.2. The largest absolute Gasteiger partial charge is 0.491 e. The summed E-state index contributed by atoms with van der Waals surface area (Å²) in [7, 11) is 0. The van der Waals surface area contributed by atoms with Gasteiger partial charge in [0.25, 0.3) is 0 Å². The van der Waals surface area contributed by atoms with Crippen LogP contribution in [-0.4, -0.2) is 17.6 Å². The number of benzene rings is 1. The van der Waals surface area contributed by atoms with Crippen LogP contribution in [0.1, 0.15) is 46.0 Å². The van der Waals surface area contributed by atoms with Gasteiger partial charge in [0, 0.05) is 6.42 Å². The zero-order chi connectivity index (χ0) is 15.5. The fraction of sp³-hybridized carbons (Fsp3) is 0.500. The molecule has 5 heteroatoms. The van der Waals surface area contributed by atoms with Crippen molar-refractivity contribution in [2.24, 2.45) is 0 Å². The van der Waals surface area contributed by atoms with E-state index in [-0.39, 0.29) is 5.91 Å². The maximum atomic E-state index is 11.6. The van der Waals surface area contributed by atoms with Gasteiger partial charge >= 0.3 is 0 Å². The minimum atomic E-state index is -0.0567. The van der Waals surface area contributed by atoms with E-state index in [2.05, 4.69) is 17.6 Å². The van der Waals surface area contributed by atoms with Crippen molar-refractivity contribution < 1.29 is 9.53 Å². The molecule has 4 nitrogen and oxygen atoms in total. The van der Waals surface area contributed by atoms with Crippen LogP contribution in [0.15, 0.2) is 24.3 Å². The zero-order valence-corrected chi connectivity index (χ0v) is 13.6. The van der Waals surface area contributed by atoms with Crippen LogP contribution in [0, 0.1) is 0 Å². The number of anilines is 1. The van der Waals surface area contributed by atoms with Crippen LogP contribution in [0.5, 0.6) is 5.75 Å². The van der Waals surface area contributed by atoms with E-state index in [9.17, 15) is 4.79 Å². The summed E-state index contributed by atoms with van der Waals surface area (Å²) in [6.45, 7) is 4.84. The Morgan fingerprint density at radius 2 is 1.90 bits per heavy atom. The Labute approximate surface area is 132 Å². The predicted molar refractivity (Wildman–Crippen MR) is 90.7 cm³/mol. The molecule has 0 aromatic heterocycles. The molecular formula is C16H24N2O2S. The SMILES string of the molecule is CCCCOc1ccccc1NC(=S)NC(=O)CCCC. The van der Waals surface area contributed by atoms with Crippen molar-refractivity contribution in [2.45, 2.75) is 46.0 Å². The van der Waals surface area contributed by atoms with Gasteiger partial charge in [-0.1, -0.05) is 38.8 Å². The number of unbranched alkanes of at least 4 members (excludes halogenated alkanes) is 2. The first-order chi connectivity index (χ1) is 10.2. The molecule has 1 amide bonds. The Morgan fingerprint density at radius 3 is 2.62 bits per heavy atom. The van der Waals surface area contributed by atoms with Crippen molar-refractivity contribution in [1.29, 1.82) is 0 Å². The van der Waals surface area contributed by atoms with Crippen LogP contribution in [-0.2, 0) is 4.79 Å². The Balaban J connectivity index is 2.53. The fourth-order valence-electron chi connectivity index (χ4n) is 1.70. The molecule has 0 saturated carbocycles. The molecule has 0 aliphatic rings. The number of carbonyl (C=O) groups excluding carboxylic acids is 1. The van der Waals surface area contributed by atoms with Gasteiger partial charge in [0.15, 0.2) is 5.11 Å². The average molecular weight is 308 g/mol. The summed E-state index contributed by atoms with van der Waals surface area (Å²) < 4.78 is 5.71. The van der Waals surface area contributed by atoms with Crippen LogP contribution < -0.4 is 15.4 Å². The lowest BCUT2D eigenvalue weighted by atomic mass is 10.2. The van der Waals surface area contributed by atoms with Crippen molar-refractivity contribution in [3.8, 4) is 5.75 Å². The van der Waals surface area contributed by atoms with Crippen molar-refractivity contribution >= 4 is 28.9 Å². The van der Waals surface area contributed by atoms with Gasteiger partial charge in [-0.15, -0.1) is 0 Å². The Morgan fingerprint density at radius 1 is 1.19 bits per heavy atom. The second-order valence-corrected chi connectivity index (χ2v) is 5.21. The summed E-state index contributed by atoms with van der Waals surface area (Å²) in [6, 6.07) is 7.58. The summed E-state index contributed by atoms with van der Waals surface area (Å²) in [4.78, 5) is 11.6. The topological polar surface area (TPSA) is 50.4 Å². The van der Waals surface area contributed by atoms with Crippen LogP contribution >= 0.6 is 12.2 Å². The number of ether oxygens (including phenoxy) is 1. The molecule has 0 radical (unpaired) electrons. The van der Waals surface area contributed by atoms with Crippen LogP contribution in [0.25, 0.3) is 0 Å². The highest BCUT2D eigenvalue weighted by atomic mass is 32.1. The molecule has 0 heterocycles. The lowest BCUT2D eigenvalue weighted by Crippen LogP contribution is -2.34. The molecule has 2 N–H and O–H groups in total. The van der Waals surface area contributed by atoms with Gasteiger partial charge in [-0.05, 0) is 37.2 Å². The number of nitrogens with one attached hydrogen (secondary N) is 2. The normalized spacial score (nSPS) is 10.0. The zero-order valence-electron chi connectivity index (χ0n) is 12.8. The third-order valence-corrected chi connectivity index (χ3v) is 3.11. The van der Waals surface area contributed by atoms with E-state index >= 15 is 0 Å². The maximum absolute atomic E-state index is 11.6. The van der Waals surface area contributed by atoms with Gasteiger partial charge < -0.3 is 15.4 Å². The van der Waals surface area contributed by atoms with E-state index in [1.807, 2.05) is 31.2 Å². The molecule has 0 aliphatic heterocycles. The Bertz CT molecular complexity index is 463. The van der Waals surface area contributed by atoms with E-state index in [1.54, 1.807) is 0 Å². The third kappa shape index (κ3) is 7.09. The van der Waals surface area contributed by atoms with Crippen LogP contribution in [0.3, 0.4) is 0 Å². The number of hydrogen-bond acceptors (Lipinski definition) is 3. The van der Waals surface area contributed by atoms with Gasteiger partial charge in [0.05, 0.1) is 12.3 Å². The third-order valence-electron chi connectivity index (χ3n) is 2.90. The highest BCUT2D eigenvalue weighted by Gasteiger charge is 2.07. The molecule has 1 aromatic rings. The van der Waals surface area contributed by atoms with Crippen LogP contribution in [0.4, 0.5) is 5.69 Å².